The van der Waals surface area contributed by atoms with Crippen molar-refractivity contribution in [3.05, 3.63) is 42.2 Å². The quantitative estimate of drug-likeness (QED) is 0.932. The predicted molar refractivity (Wildman–Crippen MR) is 84.0 cm³/mol. The first-order valence-corrected chi connectivity index (χ1v) is 7.38. The number of imidazole rings is 1. The van der Waals surface area contributed by atoms with Crippen LogP contribution < -0.4 is 5.32 Å². The highest BCUT2D eigenvalue weighted by molar-refractivity contribution is 5.43. The predicted octanol–water partition coefficient (Wildman–Crippen LogP) is 1.92. The van der Waals surface area contributed by atoms with Gasteiger partial charge in [0.1, 0.15) is 0 Å². The zero-order valence-electron chi connectivity index (χ0n) is 12.6. The van der Waals surface area contributed by atoms with Gasteiger partial charge in [-0.3, -0.25) is 4.57 Å². The van der Waals surface area contributed by atoms with Gasteiger partial charge in [-0.25, -0.2) is 4.98 Å². The number of rotatable bonds is 4. The Morgan fingerprint density at radius 2 is 2.14 bits per heavy atom. The van der Waals surface area contributed by atoms with E-state index in [0.717, 1.165) is 43.6 Å². The normalized spacial score (nSPS) is 19.6. The van der Waals surface area contributed by atoms with Crippen LogP contribution in [0.3, 0.4) is 0 Å². The molecule has 21 heavy (non-hydrogen) atoms. The molecule has 1 aliphatic rings. The van der Waals surface area contributed by atoms with E-state index in [1.807, 2.05) is 31.3 Å². The fourth-order valence-electron chi connectivity index (χ4n) is 2.60. The van der Waals surface area contributed by atoms with Crippen LogP contribution in [0.5, 0.6) is 0 Å². The third-order valence-corrected chi connectivity index (χ3v) is 3.69. The van der Waals surface area contributed by atoms with Crippen molar-refractivity contribution in [1.82, 2.24) is 14.5 Å². The van der Waals surface area contributed by atoms with Crippen molar-refractivity contribution in [1.29, 1.82) is 0 Å². The summed E-state index contributed by atoms with van der Waals surface area (Å²) in [4.78, 5) is 6.87. The maximum Gasteiger partial charge on any atom is 0.207 e. The molecule has 1 saturated heterocycles. The van der Waals surface area contributed by atoms with Crippen molar-refractivity contribution < 1.29 is 4.74 Å². The molecule has 112 valence electrons. The number of likely N-dealkylation sites (N-methyl/N-ethyl adjacent to an activating group) is 1. The van der Waals surface area contributed by atoms with E-state index < -0.39 is 0 Å². The summed E-state index contributed by atoms with van der Waals surface area (Å²) in [5.74, 6) is 0.871. The molecule has 2 heterocycles. The van der Waals surface area contributed by atoms with Crippen molar-refractivity contribution in [2.24, 2.45) is 0 Å². The summed E-state index contributed by atoms with van der Waals surface area (Å²) in [7, 11) is 2.13. The highest BCUT2D eigenvalue weighted by atomic mass is 16.5. The molecular formula is C16H22N4O. The Labute approximate surface area is 125 Å². The van der Waals surface area contributed by atoms with E-state index in [-0.39, 0.29) is 6.10 Å². The molecule has 0 aliphatic carbocycles. The van der Waals surface area contributed by atoms with E-state index in [2.05, 4.69) is 38.9 Å². The lowest BCUT2D eigenvalue weighted by molar-refractivity contribution is -0.0118. The van der Waals surface area contributed by atoms with Gasteiger partial charge in [-0.15, -0.1) is 0 Å². The SMILES string of the molecule is Cc1cn(-c2ccccc2)c(NCC2CN(C)CCO2)n1. The topological polar surface area (TPSA) is 42.3 Å². The minimum atomic E-state index is 0.213. The zero-order chi connectivity index (χ0) is 14.7. The second-order valence-corrected chi connectivity index (χ2v) is 5.55. The maximum atomic E-state index is 5.78. The van der Waals surface area contributed by atoms with Crippen molar-refractivity contribution in [3.63, 3.8) is 0 Å². The van der Waals surface area contributed by atoms with E-state index in [0.29, 0.717) is 0 Å². The number of benzene rings is 1. The number of morpholine rings is 1. The largest absolute Gasteiger partial charge is 0.374 e. The van der Waals surface area contributed by atoms with Crippen molar-refractivity contribution >= 4 is 5.95 Å². The summed E-state index contributed by atoms with van der Waals surface area (Å²) >= 11 is 0. The number of aryl methyl sites for hydroxylation is 1. The molecule has 3 rings (SSSR count). The number of hydrogen-bond donors (Lipinski definition) is 1. The Bertz CT molecular complexity index is 581. The van der Waals surface area contributed by atoms with Crippen molar-refractivity contribution in [3.8, 4) is 5.69 Å². The molecule has 5 heteroatoms. The Morgan fingerprint density at radius 3 is 2.90 bits per heavy atom. The lowest BCUT2D eigenvalue weighted by atomic mass is 10.3. The van der Waals surface area contributed by atoms with Gasteiger partial charge in [0, 0.05) is 31.5 Å². The standard InChI is InChI=1S/C16H22N4O/c1-13-11-20(14-6-4-3-5-7-14)16(18-13)17-10-15-12-19(2)8-9-21-15/h3-7,11,15H,8-10,12H2,1-2H3,(H,17,18). The minimum Gasteiger partial charge on any atom is -0.374 e. The molecule has 1 N–H and O–H groups in total. The maximum absolute atomic E-state index is 5.78. The molecule has 0 radical (unpaired) electrons. The molecule has 0 saturated carbocycles. The van der Waals surface area contributed by atoms with Gasteiger partial charge in [0.25, 0.3) is 0 Å². The second kappa shape index (κ2) is 6.28. The molecule has 1 unspecified atom stereocenters. The highest BCUT2D eigenvalue weighted by Crippen LogP contribution is 2.16. The van der Waals surface area contributed by atoms with Crippen LogP contribution in [0.25, 0.3) is 5.69 Å². The minimum absolute atomic E-state index is 0.213. The van der Waals surface area contributed by atoms with E-state index in [1.54, 1.807) is 0 Å². The van der Waals surface area contributed by atoms with Crippen molar-refractivity contribution in [2.75, 3.05) is 38.6 Å². The van der Waals surface area contributed by atoms with E-state index in [4.69, 9.17) is 4.74 Å². The fraction of sp³-hybridized carbons (Fsp3) is 0.438. The van der Waals surface area contributed by atoms with Crippen LogP contribution in [0.1, 0.15) is 5.69 Å². The smallest absolute Gasteiger partial charge is 0.207 e. The Kier molecular flexibility index (Phi) is 4.22. The van der Waals surface area contributed by atoms with Crippen LogP contribution in [-0.4, -0.2) is 53.8 Å². The first-order chi connectivity index (χ1) is 10.2. The third-order valence-electron chi connectivity index (χ3n) is 3.69. The van der Waals surface area contributed by atoms with E-state index in [9.17, 15) is 0 Å². The lowest BCUT2D eigenvalue weighted by Gasteiger charge is -2.30. The summed E-state index contributed by atoms with van der Waals surface area (Å²) in [6.45, 7) is 5.55. The van der Waals surface area contributed by atoms with Crippen LogP contribution in [0.2, 0.25) is 0 Å². The van der Waals surface area contributed by atoms with E-state index >= 15 is 0 Å². The van der Waals surface area contributed by atoms with Crippen LogP contribution in [0.4, 0.5) is 5.95 Å². The monoisotopic (exact) mass is 286 g/mol. The molecule has 1 aliphatic heterocycles. The van der Waals surface area contributed by atoms with E-state index in [1.165, 1.54) is 0 Å². The van der Waals surface area contributed by atoms with Crippen LogP contribution in [0.15, 0.2) is 36.5 Å². The summed E-state index contributed by atoms with van der Waals surface area (Å²) in [5.41, 5.74) is 2.12. The van der Waals surface area contributed by atoms with Crippen LogP contribution in [0, 0.1) is 6.92 Å². The van der Waals surface area contributed by atoms with Crippen molar-refractivity contribution in [2.45, 2.75) is 13.0 Å². The number of para-hydroxylation sites is 1. The second-order valence-electron chi connectivity index (χ2n) is 5.55. The van der Waals surface area contributed by atoms with Gasteiger partial charge in [-0.05, 0) is 26.1 Å². The molecular weight excluding hydrogens is 264 g/mol. The average molecular weight is 286 g/mol. The number of nitrogens with zero attached hydrogens (tertiary/aromatic N) is 3. The van der Waals surface area contributed by atoms with Gasteiger partial charge in [0.2, 0.25) is 5.95 Å². The summed E-state index contributed by atoms with van der Waals surface area (Å²) in [6.07, 6.45) is 2.26. The number of aromatic nitrogens is 2. The molecule has 2 aromatic rings. The van der Waals surface area contributed by atoms with Gasteiger partial charge in [0.15, 0.2) is 0 Å². The van der Waals surface area contributed by atoms with Gasteiger partial charge >= 0.3 is 0 Å². The number of hydrogen-bond acceptors (Lipinski definition) is 4. The molecule has 0 amide bonds. The Balaban J connectivity index is 1.71. The summed E-state index contributed by atoms with van der Waals surface area (Å²) in [6, 6.07) is 10.3. The number of nitrogens with one attached hydrogen (secondary N) is 1. The molecule has 1 aromatic carbocycles. The molecule has 0 bridgehead atoms. The zero-order valence-corrected chi connectivity index (χ0v) is 12.6. The van der Waals surface area contributed by atoms with Crippen LogP contribution >= 0.6 is 0 Å². The van der Waals surface area contributed by atoms with Gasteiger partial charge in [-0.1, -0.05) is 18.2 Å². The first kappa shape index (κ1) is 14.1. The molecule has 0 spiro atoms. The Hall–Kier alpha value is -1.85. The number of anilines is 1. The molecule has 5 nitrogen and oxygen atoms in total. The summed E-state index contributed by atoms with van der Waals surface area (Å²) < 4.78 is 7.87. The summed E-state index contributed by atoms with van der Waals surface area (Å²) in [5, 5.41) is 3.42. The van der Waals surface area contributed by atoms with Gasteiger partial charge in [0.05, 0.1) is 18.4 Å². The number of ether oxygens (including phenoxy) is 1. The Morgan fingerprint density at radius 1 is 1.33 bits per heavy atom. The third kappa shape index (κ3) is 3.43. The van der Waals surface area contributed by atoms with Gasteiger partial charge < -0.3 is 15.0 Å². The van der Waals surface area contributed by atoms with Gasteiger partial charge in [-0.2, -0.15) is 0 Å². The average Bonchev–Trinajstić information content (AvgIpc) is 2.87. The molecule has 1 aromatic heterocycles. The lowest BCUT2D eigenvalue weighted by Crippen LogP contribution is -2.43. The molecule has 1 fully saturated rings. The fourth-order valence-corrected chi connectivity index (χ4v) is 2.60. The van der Waals surface area contributed by atoms with Crippen LogP contribution in [-0.2, 0) is 4.74 Å². The first-order valence-electron chi connectivity index (χ1n) is 7.38. The highest BCUT2D eigenvalue weighted by Gasteiger charge is 2.18. The molecule has 1 atom stereocenters.